The number of nitrogens with one attached hydrogen (secondary N) is 2. The number of nitrogens with zero attached hydrogens (tertiary/aromatic N) is 3. The van der Waals surface area contributed by atoms with Crippen molar-refractivity contribution in [2.24, 2.45) is 7.05 Å². The van der Waals surface area contributed by atoms with Crippen LogP contribution in [-0.2, 0) is 7.05 Å². The minimum absolute atomic E-state index is 0.157. The summed E-state index contributed by atoms with van der Waals surface area (Å²) in [6, 6.07) is 10.6. The highest BCUT2D eigenvalue weighted by Gasteiger charge is 2.18. The molecule has 3 heterocycles. The molecule has 0 radical (unpaired) electrons. The highest BCUT2D eigenvalue weighted by Crippen LogP contribution is 2.21. The van der Waals surface area contributed by atoms with Gasteiger partial charge >= 0.3 is 5.69 Å². The normalized spacial score (nSPS) is 11.2. The molecule has 0 saturated heterocycles. The maximum atomic E-state index is 12.4. The third-order valence-corrected chi connectivity index (χ3v) is 3.82. The van der Waals surface area contributed by atoms with Crippen LogP contribution in [-0.4, -0.2) is 24.5 Å². The molecule has 8 nitrogen and oxygen atoms in total. The molecule has 1 aromatic heterocycles. The van der Waals surface area contributed by atoms with Crippen LogP contribution >= 0.6 is 0 Å². The number of benzene rings is 1. The summed E-state index contributed by atoms with van der Waals surface area (Å²) in [4.78, 5) is 49.0. The Labute approximate surface area is 133 Å². The van der Waals surface area contributed by atoms with Gasteiger partial charge in [-0.3, -0.25) is 14.6 Å². The van der Waals surface area contributed by atoms with E-state index < -0.39 is 11.2 Å². The van der Waals surface area contributed by atoms with Gasteiger partial charge in [-0.15, -0.1) is 0 Å². The van der Waals surface area contributed by atoms with E-state index in [0.29, 0.717) is 11.5 Å². The van der Waals surface area contributed by atoms with Gasteiger partial charge in [0.25, 0.3) is 11.1 Å². The Hall–Kier alpha value is -3.55. The lowest BCUT2D eigenvalue weighted by Crippen LogP contribution is -2.28. The van der Waals surface area contributed by atoms with Gasteiger partial charge in [0.05, 0.1) is 10.9 Å². The Balaban J connectivity index is 2.16. The van der Waals surface area contributed by atoms with E-state index >= 15 is 0 Å². The highest BCUT2D eigenvalue weighted by atomic mass is 16.2. The number of fused-ring (bicyclic) bond motifs is 2. The molecule has 2 aliphatic rings. The van der Waals surface area contributed by atoms with Gasteiger partial charge in [-0.05, 0) is 6.07 Å². The second-order valence-electron chi connectivity index (χ2n) is 5.33. The third-order valence-electron chi connectivity index (χ3n) is 3.82. The van der Waals surface area contributed by atoms with Gasteiger partial charge in [0.2, 0.25) is 0 Å². The third kappa shape index (κ3) is 2.04. The quantitative estimate of drug-likeness (QED) is 0.495. The fourth-order valence-corrected chi connectivity index (χ4v) is 2.67. The number of aromatic nitrogens is 5. The second-order valence-corrected chi connectivity index (χ2v) is 5.33. The van der Waals surface area contributed by atoms with Gasteiger partial charge in [-0.2, -0.15) is 4.98 Å². The minimum Gasteiger partial charge on any atom is -0.313 e. The Bertz CT molecular complexity index is 1220. The van der Waals surface area contributed by atoms with Crippen molar-refractivity contribution in [2.45, 2.75) is 0 Å². The van der Waals surface area contributed by atoms with Crippen molar-refractivity contribution in [3.8, 4) is 22.8 Å². The molecule has 2 N–H and O–H groups in total. The summed E-state index contributed by atoms with van der Waals surface area (Å²) in [5, 5.41) is 0.246. The predicted molar refractivity (Wildman–Crippen MR) is 88.1 cm³/mol. The van der Waals surface area contributed by atoms with E-state index in [4.69, 9.17) is 0 Å². The molecule has 2 aliphatic heterocycles. The van der Waals surface area contributed by atoms with Crippen LogP contribution in [0.5, 0.6) is 0 Å². The van der Waals surface area contributed by atoms with Crippen molar-refractivity contribution in [1.82, 2.24) is 24.5 Å². The molecular formula is C16H11N5O3. The van der Waals surface area contributed by atoms with Crippen molar-refractivity contribution in [2.75, 3.05) is 0 Å². The standard InChI is InChI=1S/C16H11N5O3/c1-21-12-9(7-10-13(21)19-16(24)20-15(10)23)14(22)18-11(17-12)8-5-3-2-4-6-8/h2-7H,1H3,(H,17,18,22)(H,20,23,24). The van der Waals surface area contributed by atoms with E-state index in [1.54, 1.807) is 7.05 Å². The molecule has 1 aromatic carbocycles. The Morgan fingerprint density at radius 3 is 2.46 bits per heavy atom. The first kappa shape index (κ1) is 14.1. The van der Waals surface area contributed by atoms with Crippen molar-refractivity contribution >= 4 is 11.0 Å². The molecule has 0 spiro atoms. The zero-order valence-electron chi connectivity index (χ0n) is 12.5. The van der Waals surface area contributed by atoms with Gasteiger partial charge in [-0.25, -0.2) is 9.78 Å². The number of H-pyrrole nitrogens is 2. The molecule has 4 rings (SSSR count). The maximum absolute atomic E-state index is 12.4. The van der Waals surface area contributed by atoms with Crippen LogP contribution < -0.4 is 16.8 Å². The zero-order chi connectivity index (χ0) is 16.8. The van der Waals surface area contributed by atoms with Gasteiger partial charge in [0.1, 0.15) is 11.5 Å². The van der Waals surface area contributed by atoms with Crippen molar-refractivity contribution in [3.05, 3.63) is 67.6 Å². The molecule has 2 aromatic rings. The van der Waals surface area contributed by atoms with Gasteiger partial charge in [-0.1, -0.05) is 30.3 Å². The second kappa shape index (κ2) is 4.98. The molecule has 24 heavy (non-hydrogen) atoms. The van der Waals surface area contributed by atoms with Crippen LogP contribution in [0.25, 0.3) is 33.8 Å². The summed E-state index contributed by atoms with van der Waals surface area (Å²) in [5.41, 5.74) is -0.460. The monoisotopic (exact) mass is 321 g/mol. The molecule has 0 bridgehead atoms. The lowest BCUT2D eigenvalue weighted by atomic mass is 10.1. The summed E-state index contributed by atoms with van der Waals surface area (Å²) >= 11 is 0. The van der Waals surface area contributed by atoms with Crippen LogP contribution in [0.1, 0.15) is 0 Å². The van der Waals surface area contributed by atoms with Crippen LogP contribution in [0.4, 0.5) is 0 Å². The van der Waals surface area contributed by atoms with Gasteiger partial charge in [0.15, 0.2) is 5.82 Å². The van der Waals surface area contributed by atoms with E-state index in [1.807, 2.05) is 30.3 Å². The molecule has 0 fully saturated rings. The number of hydrogen-bond acceptors (Lipinski definition) is 5. The summed E-state index contributed by atoms with van der Waals surface area (Å²) in [6.07, 6.45) is 0. The first-order valence-electron chi connectivity index (χ1n) is 7.14. The average Bonchev–Trinajstić information content (AvgIpc) is 2.57. The largest absolute Gasteiger partial charge is 0.349 e. The van der Waals surface area contributed by atoms with E-state index in [-0.39, 0.29) is 22.3 Å². The van der Waals surface area contributed by atoms with Gasteiger partial charge < -0.3 is 9.55 Å². The number of hydrogen-bond donors (Lipinski definition) is 2. The highest BCUT2D eigenvalue weighted by molar-refractivity contribution is 5.82. The smallest absolute Gasteiger partial charge is 0.313 e. The maximum Gasteiger partial charge on any atom is 0.349 e. The fourth-order valence-electron chi connectivity index (χ4n) is 2.67. The molecular weight excluding hydrogens is 310 g/mol. The summed E-state index contributed by atoms with van der Waals surface area (Å²) in [6.45, 7) is 0. The lowest BCUT2D eigenvalue weighted by molar-refractivity contribution is 0.871. The lowest BCUT2D eigenvalue weighted by Gasteiger charge is -2.12. The molecule has 0 atom stereocenters. The molecule has 8 heteroatoms. The zero-order valence-corrected chi connectivity index (χ0v) is 12.5. The Kier molecular flexibility index (Phi) is 2.92. The van der Waals surface area contributed by atoms with E-state index in [0.717, 1.165) is 5.56 Å². The number of aryl methyl sites for hydroxylation is 1. The number of pyridine rings is 1. The van der Waals surface area contributed by atoms with Crippen LogP contribution in [0.3, 0.4) is 0 Å². The molecule has 0 unspecified atom stereocenters. The van der Waals surface area contributed by atoms with E-state index in [2.05, 4.69) is 19.9 Å². The van der Waals surface area contributed by atoms with Crippen molar-refractivity contribution < 1.29 is 0 Å². The van der Waals surface area contributed by atoms with Crippen molar-refractivity contribution in [1.29, 1.82) is 0 Å². The molecule has 0 saturated carbocycles. The first-order chi connectivity index (χ1) is 11.5. The van der Waals surface area contributed by atoms with Crippen LogP contribution in [0, 0.1) is 0 Å². The summed E-state index contributed by atoms with van der Waals surface area (Å²) < 4.78 is 1.48. The Morgan fingerprint density at radius 1 is 0.958 bits per heavy atom. The van der Waals surface area contributed by atoms with Crippen molar-refractivity contribution in [3.63, 3.8) is 0 Å². The predicted octanol–water partition coefficient (Wildman–Crippen LogP) is 0.477. The summed E-state index contributed by atoms with van der Waals surface area (Å²) in [5.74, 6) is 0.573. The Morgan fingerprint density at radius 2 is 1.71 bits per heavy atom. The molecule has 0 amide bonds. The topological polar surface area (TPSA) is 113 Å². The van der Waals surface area contributed by atoms with E-state index in [1.165, 1.54) is 10.6 Å². The molecule has 0 aliphatic carbocycles. The average molecular weight is 321 g/mol. The van der Waals surface area contributed by atoms with Gasteiger partial charge in [0, 0.05) is 12.6 Å². The first-order valence-corrected chi connectivity index (χ1v) is 7.14. The SMILES string of the molecule is Cn1c2nc(=O)[nH]c(=O)c-2cc2c(=O)[nH]c(-c3ccccc3)nc21. The van der Waals surface area contributed by atoms with Crippen LogP contribution in [0.2, 0.25) is 0 Å². The van der Waals surface area contributed by atoms with Crippen LogP contribution in [0.15, 0.2) is 50.8 Å². The number of aromatic amines is 2. The summed E-state index contributed by atoms with van der Waals surface area (Å²) in [7, 11) is 1.61. The fraction of sp³-hybridized carbons (Fsp3) is 0.0625. The minimum atomic E-state index is -0.740. The van der Waals surface area contributed by atoms with E-state index in [9.17, 15) is 14.4 Å². The molecule has 118 valence electrons. The number of rotatable bonds is 1.